The predicted molar refractivity (Wildman–Crippen MR) is 69.0 cm³/mol. The molecule has 0 spiro atoms. The fourth-order valence-corrected chi connectivity index (χ4v) is 1.98. The zero-order valence-electron chi connectivity index (χ0n) is 10.9. The molecule has 0 aliphatic heterocycles. The van der Waals surface area contributed by atoms with Gasteiger partial charge in [-0.05, 0) is 25.0 Å². The van der Waals surface area contributed by atoms with Crippen molar-refractivity contribution < 1.29 is 18.4 Å². The van der Waals surface area contributed by atoms with Gasteiger partial charge in [-0.25, -0.2) is 8.78 Å². The summed E-state index contributed by atoms with van der Waals surface area (Å²) in [6.07, 6.45) is 2.87. The number of nitrogens with one attached hydrogen (secondary N) is 2. The summed E-state index contributed by atoms with van der Waals surface area (Å²) in [6, 6.07) is 3.24. The van der Waals surface area contributed by atoms with Crippen LogP contribution in [0.5, 0.6) is 0 Å². The van der Waals surface area contributed by atoms with Crippen molar-refractivity contribution in [3.05, 3.63) is 35.4 Å². The van der Waals surface area contributed by atoms with Crippen LogP contribution >= 0.6 is 0 Å². The molecular weight excluding hydrogens is 266 g/mol. The highest BCUT2D eigenvalue weighted by atomic mass is 19.1. The molecule has 4 nitrogen and oxygen atoms in total. The Morgan fingerprint density at radius 3 is 2.25 bits per heavy atom. The summed E-state index contributed by atoms with van der Waals surface area (Å²) in [4.78, 5) is 23.1. The van der Waals surface area contributed by atoms with Crippen molar-refractivity contribution in [1.82, 2.24) is 10.6 Å². The molecule has 1 aromatic rings. The lowest BCUT2D eigenvalue weighted by Gasteiger charge is -2.24. The molecule has 1 aliphatic rings. The summed E-state index contributed by atoms with van der Waals surface area (Å²) in [5.74, 6) is -2.57. The average Bonchev–Trinajstić information content (AvgIpc) is 2.32. The second-order valence-corrected chi connectivity index (χ2v) is 4.77. The average molecular weight is 282 g/mol. The first-order chi connectivity index (χ1) is 9.59. The summed E-state index contributed by atoms with van der Waals surface area (Å²) in [5, 5.41) is 5.06. The normalized spacial score (nSPS) is 14.5. The van der Waals surface area contributed by atoms with Gasteiger partial charge in [0.1, 0.15) is 17.2 Å². The van der Waals surface area contributed by atoms with Crippen LogP contribution in [0.4, 0.5) is 8.78 Å². The van der Waals surface area contributed by atoms with Gasteiger partial charge in [-0.15, -0.1) is 0 Å². The maximum atomic E-state index is 13.3. The van der Waals surface area contributed by atoms with Crippen LogP contribution in [-0.2, 0) is 4.79 Å². The van der Waals surface area contributed by atoms with Crippen LogP contribution in [0.2, 0.25) is 0 Å². The van der Waals surface area contributed by atoms with Crippen LogP contribution in [0.3, 0.4) is 0 Å². The van der Waals surface area contributed by atoms with E-state index in [9.17, 15) is 18.4 Å². The standard InChI is InChI=1S/C14H16F2N2O2/c15-10-5-2-6-11(16)12(10)14(20)18-8-7-17-13(19)9-3-1-4-9/h2,5-6,9H,1,3-4,7-8H2,(H,17,19)(H,18,20). The number of amides is 2. The van der Waals surface area contributed by atoms with Crippen molar-refractivity contribution in [2.75, 3.05) is 13.1 Å². The highest BCUT2D eigenvalue weighted by Gasteiger charge is 2.24. The highest BCUT2D eigenvalue weighted by molar-refractivity contribution is 5.94. The monoisotopic (exact) mass is 282 g/mol. The second-order valence-electron chi connectivity index (χ2n) is 4.77. The Morgan fingerprint density at radius 2 is 1.70 bits per heavy atom. The van der Waals surface area contributed by atoms with Crippen LogP contribution in [0.25, 0.3) is 0 Å². The molecule has 0 radical (unpaired) electrons. The molecule has 2 amide bonds. The Morgan fingerprint density at radius 1 is 1.10 bits per heavy atom. The zero-order chi connectivity index (χ0) is 14.5. The molecule has 0 heterocycles. The van der Waals surface area contributed by atoms with Gasteiger partial charge in [-0.2, -0.15) is 0 Å². The molecule has 0 aromatic heterocycles. The van der Waals surface area contributed by atoms with E-state index in [2.05, 4.69) is 10.6 Å². The fraction of sp³-hybridized carbons (Fsp3) is 0.429. The number of carbonyl (C=O) groups excluding carboxylic acids is 2. The molecule has 2 rings (SSSR count). The summed E-state index contributed by atoms with van der Waals surface area (Å²) in [6.45, 7) is 0.377. The predicted octanol–water partition coefficient (Wildman–Crippen LogP) is 1.61. The van der Waals surface area contributed by atoms with E-state index in [1.54, 1.807) is 0 Å². The largest absolute Gasteiger partial charge is 0.354 e. The van der Waals surface area contributed by atoms with Crippen molar-refractivity contribution in [1.29, 1.82) is 0 Å². The minimum absolute atomic E-state index is 0.0254. The molecule has 1 aromatic carbocycles. The van der Waals surface area contributed by atoms with Gasteiger partial charge >= 0.3 is 0 Å². The smallest absolute Gasteiger partial charge is 0.257 e. The summed E-state index contributed by atoms with van der Waals surface area (Å²) in [7, 11) is 0. The van der Waals surface area contributed by atoms with Gasteiger partial charge < -0.3 is 10.6 Å². The van der Waals surface area contributed by atoms with Crippen molar-refractivity contribution in [2.45, 2.75) is 19.3 Å². The third kappa shape index (κ3) is 3.31. The van der Waals surface area contributed by atoms with Crippen LogP contribution in [0.15, 0.2) is 18.2 Å². The second kappa shape index (κ2) is 6.45. The van der Waals surface area contributed by atoms with Crippen molar-refractivity contribution in [3.8, 4) is 0 Å². The van der Waals surface area contributed by atoms with Crippen molar-refractivity contribution >= 4 is 11.8 Å². The van der Waals surface area contributed by atoms with Gasteiger partial charge in [0.25, 0.3) is 5.91 Å². The summed E-state index contributed by atoms with van der Waals surface area (Å²) < 4.78 is 26.7. The van der Waals surface area contributed by atoms with Gasteiger partial charge in [-0.3, -0.25) is 9.59 Å². The number of halogens is 2. The summed E-state index contributed by atoms with van der Waals surface area (Å²) in [5.41, 5.74) is -0.599. The molecule has 1 aliphatic carbocycles. The van der Waals surface area contributed by atoms with Gasteiger partial charge in [0, 0.05) is 19.0 Å². The van der Waals surface area contributed by atoms with Gasteiger partial charge in [0.15, 0.2) is 0 Å². The van der Waals surface area contributed by atoms with E-state index in [-0.39, 0.29) is 24.9 Å². The van der Waals surface area contributed by atoms with E-state index < -0.39 is 23.1 Å². The van der Waals surface area contributed by atoms with E-state index in [1.807, 2.05) is 0 Å². The molecule has 0 unspecified atom stereocenters. The molecular formula is C14H16F2N2O2. The molecule has 108 valence electrons. The van der Waals surface area contributed by atoms with E-state index in [0.717, 1.165) is 31.4 Å². The molecule has 1 fully saturated rings. The Hall–Kier alpha value is -1.98. The first-order valence-corrected chi connectivity index (χ1v) is 6.59. The maximum absolute atomic E-state index is 13.3. The molecule has 0 saturated heterocycles. The lowest BCUT2D eigenvalue weighted by atomic mass is 9.85. The molecule has 0 atom stereocenters. The lowest BCUT2D eigenvalue weighted by molar-refractivity contribution is -0.127. The van der Waals surface area contributed by atoms with Crippen LogP contribution in [0.1, 0.15) is 29.6 Å². The van der Waals surface area contributed by atoms with Gasteiger partial charge in [-0.1, -0.05) is 12.5 Å². The molecule has 1 saturated carbocycles. The lowest BCUT2D eigenvalue weighted by Crippen LogP contribution is -2.39. The number of carbonyl (C=O) groups is 2. The molecule has 2 N–H and O–H groups in total. The van der Waals surface area contributed by atoms with Crippen LogP contribution < -0.4 is 10.6 Å². The van der Waals surface area contributed by atoms with Gasteiger partial charge in [0.05, 0.1) is 0 Å². The molecule has 20 heavy (non-hydrogen) atoms. The van der Waals surface area contributed by atoms with Crippen LogP contribution in [0, 0.1) is 17.6 Å². The quantitative estimate of drug-likeness (QED) is 0.806. The Labute approximate surface area is 115 Å². The minimum atomic E-state index is -0.902. The number of hydrogen-bond acceptors (Lipinski definition) is 2. The Bertz CT molecular complexity index is 496. The van der Waals surface area contributed by atoms with E-state index >= 15 is 0 Å². The molecule has 0 bridgehead atoms. The first-order valence-electron chi connectivity index (χ1n) is 6.59. The van der Waals surface area contributed by atoms with E-state index in [0.29, 0.717) is 0 Å². The third-order valence-corrected chi connectivity index (χ3v) is 3.38. The van der Waals surface area contributed by atoms with E-state index in [4.69, 9.17) is 0 Å². The topological polar surface area (TPSA) is 58.2 Å². The number of rotatable bonds is 5. The summed E-state index contributed by atoms with van der Waals surface area (Å²) >= 11 is 0. The van der Waals surface area contributed by atoms with Crippen molar-refractivity contribution in [2.24, 2.45) is 5.92 Å². The highest BCUT2D eigenvalue weighted by Crippen LogP contribution is 2.25. The Kier molecular flexibility index (Phi) is 4.65. The number of benzene rings is 1. The van der Waals surface area contributed by atoms with E-state index in [1.165, 1.54) is 6.07 Å². The maximum Gasteiger partial charge on any atom is 0.257 e. The van der Waals surface area contributed by atoms with Crippen LogP contribution in [-0.4, -0.2) is 24.9 Å². The van der Waals surface area contributed by atoms with Gasteiger partial charge in [0.2, 0.25) is 5.91 Å². The first kappa shape index (κ1) is 14.4. The minimum Gasteiger partial charge on any atom is -0.354 e. The number of hydrogen-bond donors (Lipinski definition) is 2. The Balaban J connectivity index is 1.76. The van der Waals surface area contributed by atoms with Crippen molar-refractivity contribution in [3.63, 3.8) is 0 Å². The molecule has 6 heteroatoms. The SMILES string of the molecule is O=C(NCCNC(=O)C1CCC1)c1c(F)cccc1F. The zero-order valence-corrected chi connectivity index (χ0v) is 10.9. The third-order valence-electron chi connectivity index (χ3n) is 3.38. The fourth-order valence-electron chi connectivity index (χ4n) is 1.98.